The first-order chi connectivity index (χ1) is 1.73. The van der Waals surface area contributed by atoms with Crippen LogP contribution in [0.1, 0.15) is 6.92 Å². The van der Waals surface area contributed by atoms with Crippen LogP contribution in [0.4, 0.5) is 0 Å². The van der Waals surface area contributed by atoms with E-state index in [4.69, 9.17) is 9.90 Å². The molecule has 0 aliphatic rings. The van der Waals surface area contributed by atoms with Crippen molar-refractivity contribution in [2.24, 2.45) is 0 Å². The summed E-state index contributed by atoms with van der Waals surface area (Å²) in [4.78, 5) is 9.00. The zero-order valence-electron chi connectivity index (χ0n) is 5.06. The molecular formula is C2H15BiO6. The SMILES string of the molecule is CC(=O)O.O.O.O.O.[BiH3]. The van der Waals surface area contributed by atoms with Gasteiger partial charge < -0.3 is 27.0 Å². The summed E-state index contributed by atoms with van der Waals surface area (Å²) >= 11 is 0. The van der Waals surface area contributed by atoms with Gasteiger partial charge in [-0.15, -0.1) is 0 Å². The maximum absolute atomic E-state index is 9.00. The van der Waals surface area contributed by atoms with Gasteiger partial charge in [-0.2, -0.15) is 0 Å². The molecule has 0 saturated heterocycles. The predicted molar refractivity (Wildman–Crippen MR) is 37.7 cm³/mol. The number of aliphatic carboxylic acids is 1. The van der Waals surface area contributed by atoms with E-state index < -0.39 is 5.97 Å². The van der Waals surface area contributed by atoms with E-state index in [0.717, 1.165) is 6.92 Å². The van der Waals surface area contributed by atoms with Gasteiger partial charge in [0.2, 0.25) is 0 Å². The minimum atomic E-state index is -0.833. The van der Waals surface area contributed by atoms with Crippen LogP contribution in [0, 0.1) is 0 Å². The molecule has 0 aliphatic heterocycles. The zero-order valence-corrected chi connectivity index (χ0v) is 10.6. The van der Waals surface area contributed by atoms with Crippen LogP contribution in [-0.2, 0) is 4.79 Å². The summed E-state index contributed by atoms with van der Waals surface area (Å²) < 4.78 is 0. The van der Waals surface area contributed by atoms with Gasteiger partial charge in [0.25, 0.3) is 5.97 Å². The molecule has 0 rings (SSSR count). The summed E-state index contributed by atoms with van der Waals surface area (Å²) in [5.41, 5.74) is 0. The van der Waals surface area contributed by atoms with Gasteiger partial charge in [-0.25, -0.2) is 0 Å². The van der Waals surface area contributed by atoms with Crippen LogP contribution in [0.5, 0.6) is 0 Å². The molecule has 6 nitrogen and oxygen atoms in total. The van der Waals surface area contributed by atoms with Crippen molar-refractivity contribution in [3.63, 3.8) is 0 Å². The standard InChI is InChI=1S/C2H4O2.Bi.4H2O.3H/c1-2(3)4;;;;;;;;/h1H3,(H,3,4);;4*1H2;;;. The Morgan fingerprint density at radius 3 is 1.11 bits per heavy atom. The molecule has 0 aliphatic carbocycles. The van der Waals surface area contributed by atoms with Crippen molar-refractivity contribution < 1.29 is 31.8 Å². The van der Waals surface area contributed by atoms with Crippen molar-refractivity contribution in [2.75, 3.05) is 0 Å². The first-order valence-electron chi connectivity index (χ1n) is 0.928. The molecule has 0 atom stereocenters. The Hall–Kier alpha value is 0.193. The van der Waals surface area contributed by atoms with Gasteiger partial charge in [0, 0.05) is 6.92 Å². The first-order valence-corrected chi connectivity index (χ1v) is 0.928. The summed E-state index contributed by atoms with van der Waals surface area (Å²) in [6, 6.07) is 0. The Kier molecular flexibility index (Phi) is 280. The van der Waals surface area contributed by atoms with Crippen LogP contribution in [0.15, 0.2) is 0 Å². The van der Waals surface area contributed by atoms with Gasteiger partial charge in [-0.1, -0.05) is 0 Å². The van der Waals surface area contributed by atoms with Gasteiger partial charge in [-0.05, 0) is 0 Å². The number of carbonyl (C=O) groups is 1. The van der Waals surface area contributed by atoms with Crippen LogP contribution >= 0.6 is 0 Å². The molecule has 0 aromatic rings. The average Bonchev–Trinajstić information content (AvgIpc) is 0.811. The van der Waals surface area contributed by atoms with E-state index in [2.05, 4.69) is 0 Å². The van der Waals surface area contributed by atoms with Gasteiger partial charge in [0.05, 0.1) is 0 Å². The Morgan fingerprint density at radius 1 is 1.11 bits per heavy atom. The predicted octanol–water partition coefficient (Wildman–Crippen LogP) is -4.39. The molecule has 0 radical (unpaired) electrons. The summed E-state index contributed by atoms with van der Waals surface area (Å²) in [7, 11) is 0. The molecule has 0 fully saturated rings. The second kappa shape index (κ2) is 41.6. The first kappa shape index (κ1) is 60.5. The van der Waals surface area contributed by atoms with Crippen LogP contribution < -0.4 is 0 Å². The fraction of sp³-hybridized carbons (Fsp3) is 0.500. The molecule has 0 unspecified atom stereocenters. The van der Waals surface area contributed by atoms with E-state index in [1.807, 2.05) is 0 Å². The van der Waals surface area contributed by atoms with Crippen molar-refractivity contribution in [3.8, 4) is 0 Å². The van der Waals surface area contributed by atoms with Crippen molar-refractivity contribution in [1.82, 2.24) is 0 Å². The summed E-state index contributed by atoms with van der Waals surface area (Å²) in [5, 5.41) is 7.42. The van der Waals surface area contributed by atoms with E-state index in [1.165, 1.54) is 0 Å². The van der Waals surface area contributed by atoms with E-state index in [-0.39, 0.29) is 48.1 Å². The third kappa shape index (κ3) is 8430. The van der Waals surface area contributed by atoms with Crippen LogP contribution in [-0.4, -0.2) is 59.2 Å². The third-order valence-electron chi connectivity index (χ3n) is 0. The van der Waals surface area contributed by atoms with E-state index in [9.17, 15) is 0 Å². The van der Waals surface area contributed by atoms with Gasteiger partial charge in [0.1, 0.15) is 0 Å². The maximum atomic E-state index is 9.00. The van der Waals surface area contributed by atoms with Crippen LogP contribution in [0.2, 0.25) is 0 Å². The van der Waals surface area contributed by atoms with Crippen molar-refractivity contribution in [2.45, 2.75) is 6.92 Å². The van der Waals surface area contributed by atoms with Crippen molar-refractivity contribution in [1.29, 1.82) is 0 Å². The molecule has 0 aromatic heterocycles. The number of carboxylic acids is 1. The molecule has 9 N–H and O–H groups in total. The molecule has 0 amide bonds. The Balaban J connectivity index is -0.00000000450. The molecule has 9 heavy (non-hydrogen) atoms. The molecule has 0 bridgehead atoms. The topological polar surface area (TPSA) is 163 Å². The van der Waals surface area contributed by atoms with Crippen molar-refractivity contribution in [3.05, 3.63) is 0 Å². The van der Waals surface area contributed by atoms with Crippen LogP contribution in [0.25, 0.3) is 0 Å². The molecule has 0 saturated carbocycles. The summed E-state index contributed by atoms with van der Waals surface area (Å²) in [6.45, 7) is 1.08. The number of rotatable bonds is 0. The number of carboxylic acid groups (broad SMARTS) is 1. The van der Waals surface area contributed by atoms with E-state index in [0.29, 0.717) is 0 Å². The fourth-order valence-electron chi connectivity index (χ4n) is 0. The third-order valence-corrected chi connectivity index (χ3v) is 0. The molecule has 7 heteroatoms. The van der Waals surface area contributed by atoms with E-state index >= 15 is 0 Å². The van der Waals surface area contributed by atoms with E-state index in [1.54, 1.807) is 0 Å². The average molecular weight is 344 g/mol. The monoisotopic (exact) mass is 344 g/mol. The normalized spacial score (nSPS) is 2.78. The molecule has 0 heterocycles. The Bertz CT molecular complexity index is 34.0. The summed E-state index contributed by atoms with van der Waals surface area (Å²) in [5.74, 6) is -0.833. The Morgan fingerprint density at radius 2 is 1.11 bits per heavy atom. The zero-order chi connectivity index (χ0) is 3.58. The quantitative estimate of drug-likeness (QED) is 0.439. The minimum absolute atomic E-state index is 0. The number of hydrogen-bond donors (Lipinski definition) is 1. The molecule has 64 valence electrons. The van der Waals surface area contributed by atoms with Gasteiger partial charge >= 0.3 is 26.2 Å². The van der Waals surface area contributed by atoms with Crippen LogP contribution in [0.3, 0.4) is 0 Å². The van der Waals surface area contributed by atoms with Gasteiger partial charge in [0.15, 0.2) is 0 Å². The number of hydrogen-bond acceptors (Lipinski definition) is 1. The molecule has 0 aromatic carbocycles. The fourth-order valence-corrected chi connectivity index (χ4v) is 0. The van der Waals surface area contributed by atoms with Gasteiger partial charge in [-0.3, -0.25) is 4.79 Å². The Labute approximate surface area is 71.2 Å². The second-order valence-electron chi connectivity index (χ2n) is 0.519. The summed E-state index contributed by atoms with van der Waals surface area (Å²) in [6.07, 6.45) is 0. The molecule has 0 spiro atoms. The second-order valence-corrected chi connectivity index (χ2v) is 0.519. The van der Waals surface area contributed by atoms with Crippen molar-refractivity contribution >= 4 is 32.2 Å². The molecular weight excluding hydrogens is 329 g/mol.